The van der Waals surface area contributed by atoms with Gasteiger partial charge in [0.1, 0.15) is 0 Å². The number of hydrogen-bond acceptors (Lipinski definition) is 6. The topological polar surface area (TPSA) is 95.9 Å². The van der Waals surface area contributed by atoms with Gasteiger partial charge in [-0.25, -0.2) is 9.48 Å². The van der Waals surface area contributed by atoms with Crippen LogP contribution in [0.4, 0.5) is 5.69 Å². The van der Waals surface area contributed by atoms with E-state index in [-0.39, 0.29) is 18.0 Å². The molecule has 0 aliphatic carbocycles. The van der Waals surface area contributed by atoms with Gasteiger partial charge in [0.25, 0.3) is 0 Å². The number of nitrogen functional groups attached to an aromatic ring is 1. The third-order valence-electron chi connectivity index (χ3n) is 2.98. The normalized spacial score (nSPS) is 10.7. The van der Waals surface area contributed by atoms with Crippen LogP contribution in [0.3, 0.4) is 0 Å². The second-order valence-corrected chi connectivity index (χ2v) is 4.35. The molecule has 3 rings (SSSR count). The number of fused-ring (bicyclic) bond motifs is 1. The number of benzene rings is 1. The molecule has 0 saturated carbocycles. The second kappa shape index (κ2) is 5.20. The van der Waals surface area contributed by atoms with Crippen LogP contribution in [0.1, 0.15) is 17.4 Å². The second-order valence-electron chi connectivity index (χ2n) is 4.35. The molecule has 2 aromatic heterocycles. The van der Waals surface area contributed by atoms with E-state index in [1.54, 1.807) is 19.3 Å². The van der Waals surface area contributed by atoms with Gasteiger partial charge in [-0.1, -0.05) is 18.2 Å². The number of carbonyl (C=O) groups is 1. The summed E-state index contributed by atoms with van der Waals surface area (Å²) in [6, 6.07) is 7.53. The van der Waals surface area contributed by atoms with Crippen molar-refractivity contribution in [3.8, 4) is 5.69 Å². The molecule has 7 nitrogen and oxygen atoms in total. The number of aromatic nitrogens is 4. The van der Waals surface area contributed by atoms with Crippen molar-refractivity contribution in [1.29, 1.82) is 0 Å². The molecule has 0 radical (unpaired) electrons. The Morgan fingerprint density at radius 2 is 2.19 bits per heavy atom. The highest BCUT2D eigenvalue weighted by atomic mass is 16.5. The summed E-state index contributed by atoms with van der Waals surface area (Å²) in [6.07, 6.45) is 3.14. The first-order chi connectivity index (χ1) is 10.2. The summed E-state index contributed by atoms with van der Waals surface area (Å²) < 4.78 is 6.44. The number of nitrogens with two attached hydrogens (primary N) is 1. The van der Waals surface area contributed by atoms with E-state index in [1.807, 2.05) is 24.3 Å². The van der Waals surface area contributed by atoms with E-state index in [4.69, 9.17) is 10.5 Å². The molecule has 0 bridgehead atoms. The van der Waals surface area contributed by atoms with Crippen LogP contribution >= 0.6 is 0 Å². The van der Waals surface area contributed by atoms with Crippen LogP contribution in [0.2, 0.25) is 0 Å². The summed E-state index contributed by atoms with van der Waals surface area (Å²) in [5.74, 6) is -0.542. The predicted octanol–water partition coefficient (Wildman–Crippen LogP) is 1.57. The van der Waals surface area contributed by atoms with Crippen molar-refractivity contribution < 1.29 is 9.53 Å². The lowest BCUT2D eigenvalue weighted by Crippen LogP contribution is -2.08. The van der Waals surface area contributed by atoms with Gasteiger partial charge < -0.3 is 10.5 Å². The summed E-state index contributed by atoms with van der Waals surface area (Å²) in [7, 11) is 0. The van der Waals surface area contributed by atoms with E-state index < -0.39 is 5.97 Å². The van der Waals surface area contributed by atoms with E-state index in [0.29, 0.717) is 5.69 Å². The van der Waals surface area contributed by atoms with Crippen LogP contribution in [-0.2, 0) is 4.74 Å². The molecule has 0 aliphatic rings. The van der Waals surface area contributed by atoms with E-state index in [1.165, 1.54) is 4.68 Å². The maximum atomic E-state index is 11.8. The van der Waals surface area contributed by atoms with Crippen molar-refractivity contribution in [2.45, 2.75) is 6.92 Å². The minimum absolute atomic E-state index is 0.0951. The Morgan fingerprint density at radius 3 is 3.00 bits per heavy atom. The SMILES string of the molecule is CCOC(=O)c1nn(-c2cnnc3ccccc23)cc1N. The lowest BCUT2D eigenvalue weighted by Gasteiger charge is -2.04. The molecule has 3 aromatic rings. The van der Waals surface area contributed by atoms with Crippen LogP contribution < -0.4 is 5.73 Å². The van der Waals surface area contributed by atoms with E-state index in [0.717, 1.165) is 10.9 Å². The molecule has 1 aromatic carbocycles. The van der Waals surface area contributed by atoms with Gasteiger partial charge in [0.05, 0.1) is 35.9 Å². The summed E-state index contributed by atoms with van der Waals surface area (Å²) >= 11 is 0. The monoisotopic (exact) mass is 283 g/mol. The number of ether oxygens (including phenoxy) is 1. The molecule has 0 aliphatic heterocycles. The lowest BCUT2D eigenvalue weighted by molar-refractivity contribution is 0.0520. The molecular formula is C14H13N5O2. The molecule has 0 spiro atoms. The van der Waals surface area contributed by atoms with Crippen molar-refractivity contribution in [3.63, 3.8) is 0 Å². The Bertz CT molecular complexity index is 807. The minimum Gasteiger partial charge on any atom is -0.461 e. The first-order valence-electron chi connectivity index (χ1n) is 6.43. The van der Waals surface area contributed by atoms with Crippen molar-refractivity contribution >= 4 is 22.6 Å². The Labute approximate surface area is 120 Å². The molecule has 2 N–H and O–H groups in total. The van der Waals surface area contributed by atoms with Crippen molar-refractivity contribution in [3.05, 3.63) is 42.4 Å². The molecular weight excluding hydrogens is 270 g/mol. The molecule has 21 heavy (non-hydrogen) atoms. The number of esters is 1. The molecule has 7 heteroatoms. The fourth-order valence-electron chi connectivity index (χ4n) is 2.04. The number of rotatable bonds is 3. The minimum atomic E-state index is -0.542. The first kappa shape index (κ1) is 13.0. The van der Waals surface area contributed by atoms with Gasteiger partial charge in [0.2, 0.25) is 0 Å². The summed E-state index contributed by atoms with van der Waals surface area (Å²) in [5, 5.41) is 13.1. The van der Waals surface area contributed by atoms with Gasteiger partial charge in [-0.3, -0.25) is 0 Å². The zero-order chi connectivity index (χ0) is 14.8. The molecule has 0 unspecified atom stereocenters. The molecule has 2 heterocycles. The Morgan fingerprint density at radius 1 is 1.38 bits per heavy atom. The highest BCUT2D eigenvalue weighted by Crippen LogP contribution is 2.21. The molecule has 0 fully saturated rings. The zero-order valence-electron chi connectivity index (χ0n) is 11.4. The summed E-state index contributed by atoms with van der Waals surface area (Å²) in [6.45, 7) is 2.00. The van der Waals surface area contributed by atoms with Crippen molar-refractivity contribution in [2.75, 3.05) is 12.3 Å². The number of hydrogen-bond donors (Lipinski definition) is 1. The van der Waals surface area contributed by atoms with Gasteiger partial charge >= 0.3 is 5.97 Å². The third kappa shape index (κ3) is 2.29. The fraction of sp³-hybridized carbons (Fsp3) is 0.143. The van der Waals surface area contributed by atoms with Crippen molar-refractivity contribution in [1.82, 2.24) is 20.0 Å². The van der Waals surface area contributed by atoms with Crippen LogP contribution in [0, 0.1) is 0 Å². The van der Waals surface area contributed by atoms with Gasteiger partial charge in [-0.2, -0.15) is 15.3 Å². The lowest BCUT2D eigenvalue weighted by atomic mass is 10.2. The van der Waals surface area contributed by atoms with Gasteiger partial charge in [0, 0.05) is 5.39 Å². The average Bonchev–Trinajstić information content (AvgIpc) is 2.89. The Hall–Kier alpha value is -2.96. The third-order valence-corrected chi connectivity index (χ3v) is 2.98. The van der Waals surface area contributed by atoms with E-state index in [2.05, 4.69) is 15.3 Å². The average molecular weight is 283 g/mol. The van der Waals surface area contributed by atoms with Gasteiger partial charge in [-0.15, -0.1) is 0 Å². The smallest absolute Gasteiger partial charge is 0.361 e. The zero-order valence-corrected chi connectivity index (χ0v) is 11.4. The summed E-state index contributed by atoms with van der Waals surface area (Å²) in [4.78, 5) is 11.8. The maximum Gasteiger partial charge on any atom is 0.361 e. The highest BCUT2D eigenvalue weighted by molar-refractivity contribution is 5.93. The van der Waals surface area contributed by atoms with Crippen molar-refractivity contribution in [2.24, 2.45) is 0 Å². The largest absolute Gasteiger partial charge is 0.461 e. The van der Waals surface area contributed by atoms with Gasteiger partial charge in [0.15, 0.2) is 5.69 Å². The highest BCUT2D eigenvalue weighted by Gasteiger charge is 2.17. The molecule has 0 amide bonds. The van der Waals surface area contributed by atoms with Gasteiger partial charge in [-0.05, 0) is 13.0 Å². The standard InChI is InChI=1S/C14H13N5O2/c1-2-21-14(20)13-10(15)8-19(18-13)12-7-16-17-11-6-4-3-5-9(11)12/h3-8H,2,15H2,1H3. The molecule has 0 saturated heterocycles. The number of anilines is 1. The first-order valence-corrected chi connectivity index (χ1v) is 6.43. The predicted molar refractivity (Wildman–Crippen MR) is 77.0 cm³/mol. The fourth-order valence-corrected chi connectivity index (χ4v) is 2.04. The van der Waals surface area contributed by atoms with Crippen LogP contribution in [0.25, 0.3) is 16.6 Å². The van der Waals surface area contributed by atoms with Crippen LogP contribution in [-0.4, -0.2) is 32.6 Å². The number of carbonyl (C=O) groups excluding carboxylic acids is 1. The van der Waals surface area contributed by atoms with E-state index >= 15 is 0 Å². The summed E-state index contributed by atoms with van der Waals surface area (Å²) in [5.41, 5.74) is 7.62. The maximum absolute atomic E-state index is 11.8. The number of nitrogens with zero attached hydrogens (tertiary/aromatic N) is 4. The molecule has 0 atom stereocenters. The van der Waals surface area contributed by atoms with Crippen LogP contribution in [0.5, 0.6) is 0 Å². The van der Waals surface area contributed by atoms with Crippen LogP contribution in [0.15, 0.2) is 36.7 Å². The Kier molecular flexibility index (Phi) is 3.23. The quantitative estimate of drug-likeness (QED) is 0.733. The van der Waals surface area contributed by atoms with E-state index in [9.17, 15) is 4.79 Å². The molecule has 106 valence electrons. The Balaban J connectivity index is 2.12.